The Morgan fingerprint density at radius 1 is 0.839 bits per heavy atom. The number of piperazine rings is 1. The molecule has 2 aliphatic heterocycles. The first-order valence-corrected chi connectivity index (χ1v) is 10.6. The quantitative estimate of drug-likeness (QED) is 0.746. The van der Waals surface area contributed by atoms with Gasteiger partial charge in [-0.3, -0.25) is 9.69 Å². The van der Waals surface area contributed by atoms with E-state index in [9.17, 15) is 22.4 Å². The van der Waals surface area contributed by atoms with Crippen molar-refractivity contribution in [3.8, 4) is 0 Å². The van der Waals surface area contributed by atoms with E-state index >= 15 is 0 Å². The summed E-state index contributed by atoms with van der Waals surface area (Å²) in [5, 5.41) is 3.27. The molecular formula is C23H25F4N3O. The Kier molecular flexibility index (Phi) is 6.57. The van der Waals surface area contributed by atoms with Gasteiger partial charge in [-0.2, -0.15) is 0 Å². The molecule has 8 heteroatoms. The van der Waals surface area contributed by atoms with E-state index in [0.717, 1.165) is 50.1 Å². The average Bonchev–Trinajstić information content (AvgIpc) is 2.79. The van der Waals surface area contributed by atoms with Crippen molar-refractivity contribution in [1.29, 1.82) is 0 Å². The number of rotatable bonds is 4. The third kappa shape index (κ3) is 4.75. The van der Waals surface area contributed by atoms with E-state index in [2.05, 4.69) is 5.32 Å². The Hall–Kier alpha value is -2.45. The van der Waals surface area contributed by atoms with Gasteiger partial charge in [-0.05, 0) is 54.8 Å². The summed E-state index contributed by atoms with van der Waals surface area (Å²) < 4.78 is 54.9. The SMILES string of the molecule is O=C(C1CCCCN1)N1CCN(C(c2ccc(F)c(F)c2)c2ccc(F)c(F)c2)CC1. The number of halogens is 4. The molecule has 0 aliphatic carbocycles. The van der Waals surface area contributed by atoms with Crippen molar-refractivity contribution < 1.29 is 22.4 Å². The molecule has 1 amide bonds. The number of piperidine rings is 1. The lowest BCUT2D eigenvalue weighted by molar-refractivity contribution is -0.136. The Morgan fingerprint density at radius 2 is 1.42 bits per heavy atom. The second-order valence-corrected chi connectivity index (χ2v) is 8.11. The smallest absolute Gasteiger partial charge is 0.239 e. The highest BCUT2D eigenvalue weighted by Crippen LogP contribution is 2.31. The Bertz CT molecular complexity index is 889. The standard InChI is InChI=1S/C23H25F4N3O/c24-17-6-4-15(13-19(17)26)22(16-5-7-18(25)20(27)14-16)29-9-11-30(12-10-29)23(31)21-3-1-2-8-28-21/h4-7,13-14,21-22,28H,1-3,8-12H2. The number of benzene rings is 2. The Labute approximate surface area is 178 Å². The zero-order chi connectivity index (χ0) is 22.0. The van der Waals surface area contributed by atoms with Crippen LogP contribution in [0.5, 0.6) is 0 Å². The predicted octanol–water partition coefficient (Wildman–Crippen LogP) is 3.62. The van der Waals surface area contributed by atoms with E-state index in [-0.39, 0.29) is 11.9 Å². The lowest BCUT2D eigenvalue weighted by atomic mass is 9.95. The number of amides is 1. The molecule has 2 aromatic carbocycles. The lowest BCUT2D eigenvalue weighted by Crippen LogP contribution is -2.55. The van der Waals surface area contributed by atoms with Crippen LogP contribution in [-0.4, -0.2) is 54.5 Å². The van der Waals surface area contributed by atoms with Gasteiger partial charge in [-0.25, -0.2) is 17.6 Å². The van der Waals surface area contributed by atoms with Crippen LogP contribution in [0.1, 0.15) is 36.4 Å². The fraction of sp³-hybridized carbons (Fsp3) is 0.435. The van der Waals surface area contributed by atoms with E-state index in [0.29, 0.717) is 37.3 Å². The first kappa shape index (κ1) is 21.8. The zero-order valence-electron chi connectivity index (χ0n) is 17.1. The summed E-state index contributed by atoms with van der Waals surface area (Å²) in [6, 6.07) is 6.40. The zero-order valence-corrected chi connectivity index (χ0v) is 17.1. The summed E-state index contributed by atoms with van der Waals surface area (Å²) >= 11 is 0. The molecule has 2 aromatic rings. The molecule has 1 unspecified atom stereocenters. The minimum atomic E-state index is -0.998. The molecule has 31 heavy (non-hydrogen) atoms. The van der Waals surface area contributed by atoms with Gasteiger partial charge in [0.05, 0.1) is 12.1 Å². The molecule has 2 fully saturated rings. The molecule has 4 rings (SSSR count). The van der Waals surface area contributed by atoms with Crippen molar-refractivity contribution >= 4 is 5.91 Å². The number of hydrogen-bond donors (Lipinski definition) is 1. The van der Waals surface area contributed by atoms with Crippen molar-refractivity contribution in [2.75, 3.05) is 32.7 Å². The van der Waals surface area contributed by atoms with E-state index in [1.165, 1.54) is 12.1 Å². The summed E-state index contributed by atoms with van der Waals surface area (Å²) in [6.07, 6.45) is 2.92. The fourth-order valence-corrected chi connectivity index (χ4v) is 4.46. The molecule has 1 N–H and O–H groups in total. The monoisotopic (exact) mass is 435 g/mol. The number of hydrogen-bond acceptors (Lipinski definition) is 3. The molecule has 0 bridgehead atoms. The molecule has 0 radical (unpaired) electrons. The van der Waals surface area contributed by atoms with Crippen LogP contribution >= 0.6 is 0 Å². The van der Waals surface area contributed by atoms with Crippen molar-refractivity contribution in [2.45, 2.75) is 31.3 Å². The van der Waals surface area contributed by atoms with Gasteiger partial charge in [0.2, 0.25) is 5.91 Å². The van der Waals surface area contributed by atoms with Gasteiger partial charge in [0.25, 0.3) is 0 Å². The van der Waals surface area contributed by atoms with E-state index in [1.807, 2.05) is 9.80 Å². The highest BCUT2D eigenvalue weighted by Gasteiger charge is 2.32. The fourth-order valence-electron chi connectivity index (χ4n) is 4.46. The maximum Gasteiger partial charge on any atom is 0.239 e. The van der Waals surface area contributed by atoms with E-state index < -0.39 is 29.3 Å². The summed E-state index contributed by atoms with van der Waals surface area (Å²) in [4.78, 5) is 16.6. The largest absolute Gasteiger partial charge is 0.339 e. The molecule has 1 atom stereocenters. The maximum absolute atomic E-state index is 14.0. The third-order valence-electron chi connectivity index (χ3n) is 6.12. The molecule has 2 aliphatic rings. The van der Waals surface area contributed by atoms with Crippen LogP contribution < -0.4 is 5.32 Å². The van der Waals surface area contributed by atoms with Crippen LogP contribution in [0.4, 0.5) is 17.6 Å². The number of carbonyl (C=O) groups is 1. The molecule has 2 heterocycles. The summed E-state index contributed by atoms with van der Waals surface area (Å²) in [5.41, 5.74) is 0.886. The van der Waals surface area contributed by atoms with Crippen LogP contribution in [0.25, 0.3) is 0 Å². The highest BCUT2D eigenvalue weighted by molar-refractivity contribution is 5.82. The summed E-state index contributed by atoms with van der Waals surface area (Å²) in [7, 11) is 0. The van der Waals surface area contributed by atoms with E-state index in [1.54, 1.807) is 0 Å². The molecule has 166 valence electrons. The van der Waals surface area contributed by atoms with Crippen LogP contribution in [0, 0.1) is 23.3 Å². The average molecular weight is 435 g/mol. The second kappa shape index (κ2) is 9.36. The Balaban J connectivity index is 1.55. The van der Waals surface area contributed by atoms with Crippen LogP contribution in [-0.2, 0) is 4.79 Å². The molecular weight excluding hydrogens is 410 g/mol. The van der Waals surface area contributed by atoms with Gasteiger partial charge >= 0.3 is 0 Å². The topological polar surface area (TPSA) is 35.6 Å². The molecule has 2 saturated heterocycles. The van der Waals surface area contributed by atoms with Crippen LogP contribution in [0.3, 0.4) is 0 Å². The number of nitrogens with zero attached hydrogens (tertiary/aromatic N) is 2. The second-order valence-electron chi connectivity index (χ2n) is 8.11. The third-order valence-corrected chi connectivity index (χ3v) is 6.12. The minimum Gasteiger partial charge on any atom is -0.339 e. The van der Waals surface area contributed by atoms with E-state index in [4.69, 9.17) is 0 Å². The number of carbonyl (C=O) groups excluding carboxylic acids is 1. The predicted molar refractivity (Wildman–Crippen MR) is 108 cm³/mol. The van der Waals surface area contributed by atoms with Crippen molar-refractivity contribution in [3.05, 3.63) is 70.8 Å². The van der Waals surface area contributed by atoms with Gasteiger partial charge in [0, 0.05) is 26.2 Å². The normalized spacial score (nSPS) is 20.3. The van der Waals surface area contributed by atoms with Gasteiger partial charge in [-0.1, -0.05) is 18.6 Å². The first-order valence-electron chi connectivity index (χ1n) is 10.6. The summed E-state index contributed by atoms with van der Waals surface area (Å²) in [6.45, 7) is 2.73. The van der Waals surface area contributed by atoms with Gasteiger partial charge in [0.1, 0.15) is 0 Å². The lowest BCUT2D eigenvalue weighted by Gasteiger charge is -2.41. The van der Waals surface area contributed by atoms with Crippen LogP contribution in [0.15, 0.2) is 36.4 Å². The van der Waals surface area contributed by atoms with Crippen molar-refractivity contribution in [1.82, 2.24) is 15.1 Å². The van der Waals surface area contributed by atoms with Crippen LogP contribution in [0.2, 0.25) is 0 Å². The highest BCUT2D eigenvalue weighted by atomic mass is 19.2. The first-order chi connectivity index (χ1) is 14.9. The van der Waals surface area contributed by atoms with Gasteiger partial charge in [0.15, 0.2) is 23.3 Å². The molecule has 0 aromatic heterocycles. The summed E-state index contributed by atoms with van der Waals surface area (Å²) in [5.74, 6) is -3.85. The maximum atomic E-state index is 14.0. The molecule has 0 spiro atoms. The number of nitrogens with one attached hydrogen (secondary N) is 1. The minimum absolute atomic E-state index is 0.0801. The van der Waals surface area contributed by atoms with Crippen molar-refractivity contribution in [3.63, 3.8) is 0 Å². The molecule has 4 nitrogen and oxygen atoms in total. The van der Waals surface area contributed by atoms with Gasteiger partial charge < -0.3 is 10.2 Å². The van der Waals surface area contributed by atoms with Gasteiger partial charge in [-0.15, -0.1) is 0 Å². The van der Waals surface area contributed by atoms with Crippen molar-refractivity contribution in [2.24, 2.45) is 0 Å². The Morgan fingerprint density at radius 3 is 1.90 bits per heavy atom. The molecule has 0 saturated carbocycles.